The van der Waals surface area contributed by atoms with E-state index in [1.165, 1.54) is 17.7 Å². The highest BCUT2D eigenvalue weighted by Gasteiger charge is 2.07. The Balaban J connectivity index is 1.91. The molecular weight excluding hydrogens is 281 g/mol. The summed E-state index contributed by atoms with van der Waals surface area (Å²) in [6.45, 7) is 5.92. The number of amides is 1. The molecule has 2 aromatic carbocycles. The molecule has 1 amide bonds. The number of anilines is 1. The highest BCUT2D eigenvalue weighted by molar-refractivity contribution is 5.92. The first kappa shape index (κ1) is 16.0. The van der Waals surface area contributed by atoms with Gasteiger partial charge in [-0.25, -0.2) is 4.39 Å². The summed E-state index contributed by atoms with van der Waals surface area (Å²) in [5.41, 5.74) is 2.48. The third-order valence-electron chi connectivity index (χ3n) is 3.39. The minimum atomic E-state index is -0.383. The van der Waals surface area contributed by atoms with E-state index in [1.807, 2.05) is 24.3 Å². The third kappa shape index (κ3) is 4.32. The van der Waals surface area contributed by atoms with Gasteiger partial charge in [0.25, 0.3) is 5.91 Å². The number of hydrogen-bond donors (Lipinski definition) is 1. The van der Waals surface area contributed by atoms with Gasteiger partial charge >= 0.3 is 0 Å². The molecule has 0 aliphatic carbocycles. The van der Waals surface area contributed by atoms with E-state index < -0.39 is 0 Å². The first-order chi connectivity index (χ1) is 10.5. The molecule has 3 nitrogen and oxygen atoms in total. The van der Waals surface area contributed by atoms with E-state index in [9.17, 15) is 9.18 Å². The molecule has 0 unspecified atom stereocenters. The van der Waals surface area contributed by atoms with Gasteiger partial charge in [-0.1, -0.05) is 32.0 Å². The van der Waals surface area contributed by atoms with Gasteiger partial charge in [0.15, 0.2) is 6.61 Å². The largest absolute Gasteiger partial charge is 0.484 e. The highest BCUT2D eigenvalue weighted by atomic mass is 19.1. The van der Waals surface area contributed by atoms with Gasteiger partial charge in [-0.2, -0.15) is 0 Å². The van der Waals surface area contributed by atoms with Crippen LogP contribution in [0.25, 0.3) is 0 Å². The van der Waals surface area contributed by atoms with Crippen molar-refractivity contribution in [3.05, 3.63) is 59.4 Å². The molecule has 0 aliphatic rings. The molecule has 2 aromatic rings. The summed E-state index contributed by atoms with van der Waals surface area (Å²) in [7, 11) is 0. The van der Waals surface area contributed by atoms with Gasteiger partial charge in [0.2, 0.25) is 0 Å². The molecule has 0 spiro atoms. The van der Waals surface area contributed by atoms with E-state index in [-0.39, 0.29) is 18.3 Å². The van der Waals surface area contributed by atoms with E-state index in [0.29, 0.717) is 17.4 Å². The number of aryl methyl sites for hydroxylation is 1. The second-order valence-electron chi connectivity index (χ2n) is 5.52. The second kappa shape index (κ2) is 7.07. The van der Waals surface area contributed by atoms with Crippen LogP contribution in [-0.4, -0.2) is 12.5 Å². The van der Waals surface area contributed by atoms with Crippen LogP contribution < -0.4 is 10.1 Å². The van der Waals surface area contributed by atoms with Crippen molar-refractivity contribution >= 4 is 11.6 Å². The number of carbonyl (C=O) groups is 1. The maximum absolute atomic E-state index is 13.2. The summed E-state index contributed by atoms with van der Waals surface area (Å²) in [5, 5.41) is 2.65. The molecule has 4 heteroatoms. The lowest BCUT2D eigenvalue weighted by molar-refractivity contribution is -0.118. The maximum Gasteiger partial charge on any atom is 0.262 e. The van der Waals surface area contributed by atoms with E-state index in [0.717, 1.165) is 5.56 Å². The van der Waals surface area contributed by atoms with Gasteiger partial charge in [0.05, 0.1) is 0 Å². The van der Waals surface area contributed by atoms with Gasteiger partial charge in [0, 0.05) is 5.69 Å². The van der Waals surface area contributed by atoms with Gasteiger partial charge in [-0.15, -0.1) is 0 Å². The third-order valence-corrected chi connectivity index (χ3v) is 3.39. The minimum Gasteiger partial charge on any atom is -0.484 e. The van der Waals surface area contributed by atoms with Gasteiger partial charge in [-0.3, -0.25) is 4.79 Å². The zero-order chi connectivity index (χ0) is 16.1. The molecule has 116 valence electrons. The zero-order valence-corrected chi connectivity index (χ0v) is 13.0. The molecule has 0 bridgehead atoms. The van der Waals surface area contributed by atoms with Crippen LogP contribution in [0.3, 0.4) is 0 Å². The fourth-order valence-corrected chi connectivity index (χ4v) is 2.01. The zero-order valence-electron chi connectivity index (χ0n) is 13.0. The van der Waals surface area contributed by atoms with Crippen LogP contribution in [0.15, 0.2) is 42.5 Å². The average Bonchev–Trinajstić information content (AvgIpc) is 2.49. The van der Waals surface area contributed by atoms with Crippen molar-refractivity contribution in [2.24, 2.45) is 0 Å². The van der Waals surface area contributed by atoms with Gasteiger partial charge < -0.3 is 10.1 Å². The highest BCUT2D eigenvalue weighted by Crippen LogP contribution is 2.19. The molecule has 22 heavy (non-hydrogen) atoms. The minimum absolute atomic E-state index is 0.114. The Bertz CT molecular complexity index is 651. The fourth-order valence-electron chi connectivity index (χ4n) is 2.01. The van der Waals surface area contributed by atoms with E-state index in [1.54, 1.807) is 13.0 Å². The van der Waals surface area contributed by atoms with Crippen molar-refractivity contribution in [1.29, 1.82) is 0 Å². The lowest BCUT2D eigenvalue weighted by Gasteiger charge is -2.10. The summed E-state index contributed by atoms with van der Waals surface area (Å²) in [6.07, 6.45) is 0. The smallest absolute Gasteiger partial charge is 0.262 e. The van der Waals surface area contributed by atoms with Crippen molar-refractivity contribution in [3.63, 3.8) is 0 Å². The average molecular weight is 301 g/mol. The Labute approximate surface area is 130 Å². The first-order valence-corrected chi connectivity index (χ1v) is 7.24. The quantitative estimate of drug-likeness (QED) is 0.895. The maximum atomic E-state index is 13.2. The van der Waals surface area contributed by atoms with Crippen molar-refractivity contribution in [2.45, 2.75) is 26.7 Å². The Morgan fingerprint density at radius 3 is 2.50 bits per heavy atom. The summed E-state index contributed by atoms with van der Waals surface area (Å²) >= 11 is 0. The van der Waals surface area contributed by atoms with Crippen molar-refractivity contribution in [3.8, 4) is 5.75 Å². The Hall–Kier alpha value is -2.36. The number of nitrogens with one attached hydrogen (secondary N) is 1. The van der Waals surface area contributed by atoms with Crippen LogP contribution in [0.2, 0.25) is 0 Å². The molecule has 0 fully saturated rings. The number of benzene rings is 2. The van der Waals surface area contributed by atoms with Crippen LogP contribution in [0, 0.1) is 12.7 Å². The van der Waals surface area contributed by atoms with Crippen LogP contribution in [0.5, 0.6) is 5.75 Å². The summed E-state index contributed by atoms with van der Waals surface area (Å²) in [4.78, 5) is 11.9. The van der Waals surface area contributed by atoms with E-state index in [2.05, 4.69) is 19.2 Å². The Kier molecular flexibility index (Phi) is 5.15. The van der Waals surface area contributed by atoms with Crippen molar-refractivity contribution in [1.82, 2.24) is 0 Å². The predicted molar refractivity (Wildman–Crippen MR) is 85.8 cm³/mol. The SMILES string of the molecule is Cc1ccc(F)cc1NC(=O)COc1ccc(C(C)C)cc1. The number of ether oxygens (including phenoxy) is 1. The monoisotopic (exact) mass is 301 g/mol. The van der Waals surface area contributed by atoms with E-state index >= 15 is 0 Å². The molecule has 0 aromatic heterocycles. The standard InChI is InChI=1S/C18H20FNO2/c1-12(2)14-5-8-16(9-6-14)22-11-18(21)20-17-10-15(19)7-4-13(17)3/h4-10,12H,11H2,1-3H3,(H,20,21). The molecular formula is C18H20FNO2. The number of rotatable bonds is 5. The lowest BCUT2D eigenvalue weighted by atomic mass is 10.0. The first-order valence-electron chi connectivity index (χ1n) is 7.24. The lowest BCUT2D eigenvalue weighted by Crippen LogP contribution is -2.20. The number of hydrogen-bond acceptors (Lipinski definition) is 2. The molecule has 0 saturated carbocycles. The van der Waals surface area contributed by atoms with Crippen LogP contribution in [0.4, 0.5) is 10.1 Å². The molecule has 2 rings (SSSR count). The van der Waals surface area contributed by atoms with Crippen molar-refractivity contribution in [2.75, 3.05) is 11.9 Å². The molecule has 0 radical (unpaired) electrons. The molecule has 1 N–H and O–H groups in total. The summed E-state index contributed by atoms with van der Waals surface area (Å²) in [5.74, 6) is 0.386. The molecule has 0 heterocycles. The molecule has 0 saturated heterocycles. The second-order valence-corrected chi connectivity index (χ2v) is 5.52. The van der Waals surface area contributed by atoms with Gasteiger partial charge in [0.1, 0.15) is 11.6 Å². The Morgan fingerprint density at radius 1 is 1.18 bits per heavy atom. The van der Waals surface area contributed by atoms with Gasteiger partial charge in [-0.05, 0) is 48.2 Å². The summed E-state index contributed by atoms with van der Waals surface area (Å²) < 4.78 is 18.6. The number of carbonyl (C=O) groups excluding carboxylic acids is 1. The number of halogens is 1. The van der Waals surface area contributed by atoms with E-state index in [4.69, 9.17) is 4.74 Å². The van der Waals surface area contributed by atoms with Crippen LogP contribution >= 0.6 is 0 Å². The van der Waals surface area contributed by atoms with Crippen LogP contribution in [0.1, 0.15) is 30.9 Å². The molecule has 0 atom stereocenters. The normalized spacial score (nSPS) is 10.6. The van der Waals surface area contributed by atoms with Crippen molar-refractivity contribution < 1.29 is 13.9 Å². The topological polar surface area (TPSA) is 38.3 Å². The fraction of sp³-hybridized carbons (Fsp3) is 0.278. The predicted octanol–water partition coefficient (Wildman–Crippen LogP) is 4.28. The Morgan fingerprint density at radius 2 is 1.86 bits per heavy atom. The summed E-state index contributed by atoms with van der Waals surface area (Å²) in [6, 6.07) is 11.9. The molecule has 0 aliphatic heterocycles. The van der Waals surface area contributed by atoms with Crippen LogP contribution in [-0.2, 0) is 4.79 Å².